The molecule has 0 fully saturated rings. The van der Waals surface area contributed by atoms with Crippen molar-refractivity contribution in [1.82, 2.24) is 0 Å². The van der Waals surface area contributed by atoms with Crippen molar-refractivity contribution in [3.05, 3.63) is 60.2 Å². The number of benzene rings is 1. The lowest BCUT2D eigenvalue weighted by molar-refractivity contribution is 0.104. The fourth-order valence-corrected chi connectivity index (χ4v) is 1.59. The Morgan fingerprint density at radius 2 is 1.88 bits per heavy atom. The van der Waals surface area contributed by atoms with Crippen molar-refractivity contribution in [3.63, 3.8) is 0 Å². The molecule has 2 N–H and O–H groups in total. The Labute approximate surface area is 99.0 Å². The van der Waals surface area contributed by atoms with Gasteiger partial charge in [0.15, 0.2) is 5.78 Å². The van der Waals surface area contributed by atoms with E-state index in [1.54, 1.807) is 6.08 Å². The third kappa shape index (κ3) is 2.64. The Hall–Kier alpha value is -2.29. The van der Waals surface area contributed by atoms with Crippen LogP contribution in [0.2, 0.25) is 0 Å². The molecule has 3 heteroatoms. The van der Waals surface area contributed by atoms with E-state index in [4.69, 9.17) is 5.11 Å². The number of carbonyl (C=O) groups is 1. The zero-order valence-corrected chi connectivity index (χ0v) is 9.08. The molecule has 1 aromatic carbocycles. The monoisotopic (exact) mass is 228 g/mol. The van der Waals surface area contributed by atoms with Crippen molar-refractivity contribution < 1.29 is 15.0 Å². The summed E-state index contributed by atoms with van der Waals surface area (Å²) in [6, 6.07) is 3.92. The summed E-state index contributed by atoms with van der Waals surface area (Å²) in [5.41, 5.74) is 0.185. The van der Waals surface area contributed by atoms with Crippen LogP contribution in [-0.4, -0.2) is 16.0 Å². The maximum atomic E-state index is 11.8. The van der Waals surface area contributed by atoms with Gasteiger partial charge in [0.2, 0.25) is 0 Å². The van der Waals surface area contributed by atoms with E-state index >= 15 is 0 Å². The zero-order valence-electron chi connectivity index (χ0n) is 9.08. The van der Waals surface area contributed by atoms with Gasteiger partial charge in [-0.05, 0) is 18.2 Å². The molecule has 0 unspecified atom stereocenters. The second kappa shape index (κ2) is 4.70. The van der Waals surface area contributed by atoms with Crippen LogP contribution in [0.25, 0.3) is 0 Å². The van der Waals surface area contributed by atoms with Crippen LogP contribution in [-0.2, 0) is 0 Å². The molecule has 1 aromatic rings. The van der Waals surface area contributed by atoms with E-state index in [9.17, 15) is 9.90 Å². The first-order valence-corrected chi connectivity index (χ1v) is 5.26. The number of rotatable bonds is 3. The summed E-state index contributed by atoms with van der Waals surface area (Å²) in [6.45, 7) is 0. The summed E-state index contributed by atoms with van der Waals surface area (Å²) in [4.78, 5) is 11.8. The van der Waals surface area contributed by atoms with E-state index < -0.39 is 0 Å². The highest BCUT2D eigenvalue weighted by atomic mass is 16.3. The fraction of sp³-hybridized carbons (Fsp3) is 0.0714. The number of ketones is 1. The molecule has 0 spiro atoms. The predicted molar refractivity (Wildman–Crippen MR) is 65.0 cm³/mol. The summed E-state index contributed by atoms with van der Waals surface area (Å²) in [6.07, 6.45) is 10.9. The molecule has 0 saturated carbocycles. The van der Waals surface area contributed by atoms with Crippen LogP contribution < -0.4 is 0 Å². The molecule has 0 atom stereocenters. The Kier molecular flexibility index (Phi) is 3.10. The highest BCUT2D eigenvalue weighted by molar-refractivity contribution is 6.06. The van der Waals surface area contributed by atoms with Gasteiger partial charge < -0.3 is 10.2 Å². The lowest BCUT2D eigenvalue weighted by atomic mass is 10.1. The normalized spacial score (nSPS) is 14.8. The number of phenols is 2. The summed E-state index contributed by atoms with van der Waals surface area (Å²) in [7, 11) is 0. The van der Waals surface area contributed by atoms with Crippen LogP contribution in [0.5, 0.6) is 11.5 Å². The molecule has 3 nitrogen and oxygen atoms in total. The first kappa shape index (κ1) is 11.2. The molecule has 0 aliphatic heterocycles. The maximum absolute atomic E-state index is 11.8. The van der Waals surface area contributed by atoms with Gasteiger partial charge in [-0.15, -0.1) is 0 Å². The van der Waals surface area contributed by atoms with Gasteiger partial charge in [-0.1, -0.05) is 30.4 Å². The minimum Gasteiger partial charge on any atom is -0.508 e. The average molecular weight is 228 g/mol. The molecule has 0 radical (unpaired) electrons. The van der Waals surface area contributed by atoms with Crippen LogP contribution in [0.1, 0.15) is 10.4 Å². The van der Waals surface area contributed by atoms with Gasteiger partial charge in [0.25, 0.3) is 0 Å². The second-order valence-electron chi connectivity index (χ2n) is 3.77. The lowest BCUT2D eigenvalue weighted by Crippen LogP contribution is -1.95. The summed E-state index contributed by atoms with van der Waals surface area (Å²) in [5.74, 6) is -0.420. The Bertz CT molecular complexity index is 512. The van der Waals surface area contributed by atoms with E-state index in [0.717, 1.165) is 6.07 Å². The molecule has 0 saturated heterocycles. The Morgan fingerprint density at radius 1 is 1.18 bits per heavy atom. The topological polar surface area (TPSA) is 57.5 Å². The van der Waals surface area contributed by atoms with Crippen molar-refractivity contribution in [2.45, 2.75) is 0 Å². The van der Waals surface area contributed by atoms with Crippen molar-refractivity contribution in [2.24, 2.45) is 5.92 Å². The number of hydrogen-bond donors (Lipinski definition) is 2. The average Bonchev–Trinajstić information content (AvgIpc) is 2.78. The standard InChI is InChI=1S/C14H12O3/c15-11-6-7-12(14(17)9-11)13(16)8-5-10-3-1-2-4-10/h1-10,15,17H/b8-5+. The maximum Gasteiger partial charge on any atom is 0.189 e. The van der Waals surface area contributed by atoms with E-state index in [0.29, 0.717) is 0 Å². The Balaban J connectivity index is 2.14. The van der Waals surface area contributed by atoms with Gasteiger partial charge in [-0.25, -0.2) is 0 Å². The van der Waals surface area contributed by atoms with Crippen LogP contribution in [0.15, 0.2) is 54.7 Å². The number of carbonyl (C=O) groups excluding carboxylic acids is 1. The van der Waals surface area contributed by atoms with Gasteiger partial charge in [0.1, 0.15) is 11.5 Å². The van der Waals surface area contributed by atoms with Crippen LogP contribution in [0, 0.1) is 5.92 Å². The predicted octanol–water partition coefficient (Wildman–Crippen LogP) is 2.58. The number of phenolic OH excluding ortho intramolecular Hbond substituents is 2. The third-order valence-corrected chi connectivity index (χ3v) is 2.49. The summed E-state index contributed by atoms with van der Waals surface area (Å²) in [5, 5.41) is 18.6. The van der Waals surface area contributed by atoms with E-state index in [1.165, 1.54) is 18.2 Å². The molecule has 2 rings (SSSR count). The van der Waals surface area contributed by atoms with Gasteiger partial charge >= 0.3 is 0 Å². The summed E-state index contributed by atoms with van der Waals surface area (Å²) >= 11 is 0. The van der Waals surface area contributed by atoms with Crippen LogP contribution in [0.3, 0.4) is 0 Å². The second-order valence-corrected chi connectivity index (χ2v) is 3.77. The highest BCUT2D eigenvalue weighted by Crippen LogP contribution is 2.23. The molecule has 0 amide bonds. The molecule has 1 aliphatic rings. The molecule has 17 heavy (non-hydrogen) atoms. The number of aromatic hydroxyl groups is 2. The third-order valence-electron chi connectivity index (χ3n) is 2.49. The minimum atomic E-state index is -0.281. The highest BCUT2D eigenvalue weighted by Gasteiger charge is 2.09. The molecule has 0 aromatic heterocycles. The van der Waals surface area contributed by atoms with Gasteiger partial charge in [-0.2, -0.15) is 0 Å². The molecular weight excluding hydrogens is 216 g/mol. The van der Waals surface area contributed by atoms with Crippen molar-refractivity contribution in [1.29, 1.82) is 0 Å². The van der Waals surface area contributed by atoms with Crippen molar-refractivity contribution >= 4 is 5.78 Å². The van der Waals surface area contributed by atoms with Crippen LogP contribution in [0.4, 0.5) is 0 Å². The number of allylic oxidation sites excluding steroid dienone is 6. The fourth-order valence-electron chi connectivity index (χ4n) is 1.59. The van der Waals surface area contributed by atoms with Crippen molar-refractivity contribution in [2.75, 3.05) is 0 Å². The van der Waals surface area contributed by atoms with Crippen LogP contribution >= 0.6 is 0 Å². The smallest absolute Gasteiger partial charge is 0.189 e. The van der Waals surface area contributed by atoms with Crippen molar-refractivity contribution in [3.8, 4) is 11.5 Å². The summed E-state index contributed by atoms with van der Waals surface area (Å²) < 4.78 is 0. The van der Waals surface area contributed by atoms with Gasteiger partial charge in [0.05, 0.1) is 5.56 Å². The molecule has 0 bridgehead atoms. The van der Waals surface area contributed by atoms with E-state index in [1.807, 2.05) is 24.3 Å². The number of hydrogen-bond acceptors (Lipinski definition) is 3. The molecular formula is C14H12O3. The quantitative estimate of drug-likeness (QED) is 0.617. The molecule has 0 heterocycles. The molecule has 86 valence electrons. The SMILES string of the molecule is O=C(/C=C/C1C=CC=C1)c1ccc(O)cc1O. The molecule has 1 aliphatic carbocycles. The van der Waals surface area contributed by atoms with Gasteiger partial charge in [0, 0.05) is 12.0 Å². The van der Waals surface area contributed by atoms with E-state index in [2.05, 4.69) is 0 Å². The largest absolute Gasteiger partial charge is 0.508 e. The lowest BCUT2D eigenvalue weighted by Gasteiger charge is -2.01. The van der Waals surface area contributed by atoms with E-state index in [-0.39, 0.29) is 28.8 Å². The Morgan fingerprint density at radius 3 is 2.53 bits per heavy atom. The minimum absolute atomic E-state index is 0.0651. The van der Waals surface area contributed by atoms with Gasteiger partial charge in [-0.3, -0.25) is 4.79 Å². The first-order chi connectivity index (χ1) is 8.16. The first-order valence-electron chi connectivity index (χ1n) is 5.26. The zero-order chi connectivity index (χ0) is 12.3.